The van der Waals surface area contributed by atoms with Gasteiger partial charge in [0.1, 0.15) is 0 Å². The summed E-state index contributed by atoms with van der Waals surface area (Å²) in [5.41, 5.74) is 0.315. The van der Waals surface area contributed by atoms with Crippen LogP contribution >= 0.6 is 0 Å². The molecule has 0 aromatic heterocycles. The Hall–Kier alpha value is -2.64. The number of hydrogen-bond acceptors (Lipinski definition) is 4. The van der Waals surface area contributed by atoms with Gasteiger partial charge in [-0.25, -0.2) is 4.79 Å². The molecule has 0 aliphatic rings. The van der Waals surface area contributed by atoms with E-state index in [0.29, 0.717) is 18.5 Å². The minimum absolute atomic E-state index is 0.0298. The summed E-state index contributed by atoms with van der Waals surface area (Å²) in [6.45, 7) is 1.90. The molecule has 1 aromatic carbocycles. The number of anilines is 1. The molecule has 8 nitrogen and oxygen atoms in total. The number of carboxylic acids is 1. The minimum Gasteiger partial charge on any atom is -0.481 e. The van der Waals surface area contributed by atoms with Gasteiger partial charge in [-0.2, -0.15) is 0 Å². The molecule has 8 heteroatoms. The zero-order chi connectivity index (χ0) is 15.8. The number of amides is 2. The zero-order valence-corrected chi connectivity index (χ0v) is 11.5. The Morgan fingerprint density at radius 2 is 1.95 bits per heavy atom. The van der Waals surface area contributed by atoms with Crippen LogP contribution in [0.1, 0.15) is 19.8 Å². The number of carboxylic acid groups (broad SMARTS) is 1. The molecule has 3 N–H and O–H groups in total. The number of non-ortho nitro benzene ring substituents is 1. The average Bonchev–Trinajstić information content (AvgIpc) is 2.43. The largest absolute Gasteiger partial charge is 0.481 e. The number of nitrogens with zero attached hydrogens (tertiary/aromatic N) is 1. The van der Waals surface area contributed by atoms with Gasteiger partial charge in [-0.3, -0.25) is 14.9 Å². The van der Waals surface area contributed by atoms with Gasteiger partial charge in [0.15, 0.2) is 0 Å². The molecule has 0 bridgehead atoms. The molecule has 0 aliphatic carbocycles. The molecule has 114 valence electrons. The summed E-state index contributed by atoms with van der Waals surface area (Å²) in [7, 11) is 0. The van der Waals surface area contributed by atoms with Gasteiger partial charge < -0.3 is 15.7 Å². The lowest BCUT2D eigenvalue weighted by molar-refractivity contribution is -0.384. The molecule has 0 aliphatic heterocycles. The molecule has 1 rings (SSSR count). The highest BCUT2D eigenvalue weighted by Gasteiger charge is 2.17. The Balaban J connectivity index is 2.49. The molecule has 0 heterocycles. The first-order chi connectivity index (χ1) is 9.93. The van der Waals surface area contributed by atoms with Gasteiger partial charge in [-0.05, 0) is 18.6 Å². The third kappa shape index (κ3) is 5.47. The number of carbonyl (C=O) groups excluding carboxylic acids is 1. The summed E-state index contributed by atoms with van der Waals surface area (Å²) in [5.74, 6) is -1.58. The second-order valence-corrected chi connectivity index (χ2v) is 4.46. The summed E-state index contributed by atoms with van der Waals surface area (Å²) in [4.78, 5) is 32.5. The highest BCUT2D eigenvalue weighted by molar-refractivity contribution is 5.89. The third-order valence-corrected chi connectivity index (χ3v) is 2.83. The van der Waals surface area contributed by atoms with Crippen molar-refractivity contribution in [1.82, 2.24) is 5.32 Å². The van der Waals surface area contributed by atoms with Crippen LogP contribution in [0.5, 0.6) is 0 Å². The van der Waals surface area contributed by atoms with Crippen molar-refractivity contribution in [2.75, 3.05) is 11.9 Å². The molecule has 0 saturated heterocycles. The van der Waals surface area contributed by atoms with Crippen LogP contribution in [0.25, 0.3) is 0 Å². The first kappa shape index (κ1) is 16.4. The topological polar surface area (TPSA) is 122 Å². The summed E-state index contributed by atoms with van der Waals surface area (Å²) >= 11 is 0. The average molecular weight is 295 g/mol. The SMILES string of the molecule is CCCC(CNC(=O)Nc1ccc([N+](=O)[O-])cc1)C(=O)O. The van der Waals surface area contributed by atoms with Gasteiger partial charge >= 0.3 is 12.0 Å². The van der Waals surface area contributed by atoms with E-state index >= 15 is 0 Å². The Morgan fingerprint density at radius 1 is 1.33 bits per heavy atom. The quantitative estimate of drug-likeness (QED) is 0.526. The van der Waals surface area contributed by atoms with E-state index < -0.39 is 22.8 Å². The van der Waals surface area contributed by atoms with Crippen LogP contribution in [0, 0.1) is 16.0 Å². The number of nitro groups is 1. The van der Waals surface area contributed by atoms with Crippen molar-refractivity contribution < 1.29 is 19.6 Å². The lowest BCUT2D eigenvalue weighted by atomic mass is 10.0. The van der Waals surface area contributed by atoms with Crippen molar-refractivity contribution in [3.63, 3.8) is 0 Å². The number of carbonyl (C=O) groups is 2. The fourth-order valence-electron chi connectivity index (χ4n) is 1.72. The van der Waals surface area contributed by atoms with Crippen LogP contribution < -0.4 is 10.6 Å². The van der Waals surface area contributed by atoms with Gasteiger partial charge in [0.25, 0.3) is 5.69 Å². The van der Waals surface area contributed by atoms with Crippen molar-refractivity contribution >= 4 is 23.4 Å². The summed E-state index contributed by atoms with van der Waals surface area (Å²) < 4.78 is 0. The maximum Gasteiger partial charge on any atom is 0.319 e. The van der Waals surface area contributed by atoms with Crippen LogP contribution in [0.4, 0.5) is 16.2 Å². The van der Waals surface area contributed by atoms with Crippen LogP contribution in [0.15, 0.2) is 24.3 Å². The number of hydrogen-bond donors (Lipinski definition) is 3. The number of nitrogens with one attached hydrogen (secondary N) is 2. The van der Waals surface area contributed by atoms with E-state index in [-0.39, 0.29) is 12.2 Å². The Kier molecular flexibility index (Phi) is 6.12. The first-order valence-corrected chi connectivity index (χ1v) is 6.46. The lowest BCUT2D eigenvalue weighted by Gasteiger charge is -2.13. The molecule has 21 heavy (non-hydrogen) atoms. The van der Waals surface area contributed by atoms with Crippen LogP contribution in [0.2, 0.25) is 0 Å². The van der Waals surface area contributed by atoms with E-state index in [1.54, 1.807) is 0 Å². The normalized spacial score (nSPS) is 11.5. The van der Waals surface area contributed by atoms with Gasteiger partial charge in [-0.15, -0.1) is 0 Å². The molecule has 1 atom stereocenters. The first-order valence-electron chi connectivity index (χ1n) is 6.46. The highest BCUT2D eigenvalue weighted by atomic mass is 16.6. The van der Waals surface area contributed by atoms with Crippen molar-refractivity contribution in [1.29, 1.82) is 0 Å². The standard InChI is InChI=1S/C13H17N3O5/c1-2-3-9(12(17)18)8-14-13(19)15-10-4-6-11(7-5-10)16(20)21/h4-7,9H,2-3,8H2,1H3,(H,17,18)(H2,14,15,19). The number of urea groups is 1. The Labute approximate surface area is 121 Å². The molecule has 2 amide bonds. The maximum absolute atomic E-state index is 11.6. The molecule has 0 fully saturated rings. The third-order valence-electron chi connectivity index (χ3n) is 2.83. The molecule has 0 saturated carbocycles. The van der Waals surface area contributed by atoms with Gasteiger partial charge in [0, 0.05) is 24.4 Å². The van der Waals surface area contributed by atoms with E-state index in [9.17, 15) is 19.7 Å². The molecular weight excluding hydrogens is 278 g/mol. The van der Waals surface area contributed by atoms with Gasteiger partial charge in [0.2, 0.25) is 0 Å². The molecule has 1 unspecified atom stereocenters. The monoisotopic (exact) mass is 295 g/mol. The zero-order valence-electron chi connectivity index (χ0n) is 11.5. The number of benzene rings is 1. The molecule has 0 spiro atoms. The lowest BCUT2D eigenvalue weighted by Crippen LogP contribution is -2.35. The van der Waals surface area contributed by atoms with E-state index in [1.807, 2.05) is 6.92 Å². The Bertz CT molecular complexity index is 515. The summed E-state index contributed by atoms with van der Waals surface area (Å²) in [5, 5.41) is 24.4. The van der Waals surface area contributed by atoms with E-state index in [0.717, 1.165) is 0 Å². The van der Waals surface area contributed by atoms with Crippen LogP contribution in [-0.4, -0.2) is 28.6 Å². The second kappa shape index (κ2) is 7.83. The van der Waals surface area contributed by atoms with Crippen molar-refractivity contribution in [3.8, 4) is 0 Å². The number of nitro benzene ring substituents is 1. The molecular formula is C13H17N3O5. The van der Waals surface area contributed by atoms with Crippen molar-refractivity contribution in [2.45, 2.75) is 19.8 Å². The smallest absolute Gasteiger partial charge is 0.319 e. The molecule has 0 radical (unpaired) electrons. The predicted octanol–water partition coefficient (Wildman–Crippen LogP) is 2.22. The predicted molar refractivity (Wildman–Crippen MR) is 76.2 cm³/mol. The van der Waals surface area contributed by atoms with Crippen LogP contribution in [0.3, 0.4) is 0 Å². The molecule has 1 aromatic rings. The second-order valence-electron chi connectivity index (χ2n) is 4.46. The fraction of sp³-hybridized carbons (Fsp3) is 0.385. The summed E-state index contributed by atoms with van der Waals surface area (Å²) in [6.07, 6.45) is 1.19. The van der Waals surface area contributed by atoms with Crippen molar-refractivity contribution in [3.05, 3.63) is 34.4 Å². The highest BCUT2D eigenvalue weighted by Crippen LogP contribution is 2.15. The van der Waals surface area contributed by atoms with Crippen molar-refractivity contribution in [2.24, 2.45) is 5.92 Å². The van der Waals surface area contributed by atoms with E-state index in [4.69, 9.17) is 5.11 Å². The van der Waals surface area contributed by atoms with E-state index in [1.165, 1.54) is 24.3 Å². The minimum atomic E-state index is -0.951. The summed E-state index contributed by atoms with van der Waals surface area (Å²) in [6, 6.07) is 4.79. The van der Waals surface area contributed by atoms with E-state index in [2.05, 4.69) is 10.6 Å². The Morgan fingerprint density at radius 3 is 2.43 bits per heavy atom. The fourth-order valence-corrected chi connectivity index (χ4v) is 1.72. The number of aliphatic carboxylic acids is 1. The number of rotatable bonds is 7. The van der Waals surface area contributed by atoms with Crippen LogP contribution in [-0.2, 0) is 4.79 Å². The van der Waals surface area contributed by atoms with Gasteiger partial charge in [-0.1, -0.05) is 13.3 Å². The van der Waals surface area contributed by atoms with Gasteiger partial charge in [0.05, 0.1) is 10.8 Å². The maximum atomic E-state index is 11.6.